The zero-order valence-electron chi connectivity index (χ0n) is 21.2. The van der Waals surface area contributed by atoms with Gasteiger partial charge in [-0.05, 0) is 92.1 Å². The Morgan fingerprint density at radius 2 is 1.72 bits per heavy atom. The molecule has 1 unspecified atom stereocenters. The molecule has 0 spiro atoms. The number of hydrogen-bond acceptors (Lipinski definition) is 5. The van der Waals surface area contributed by atoms with Crippen LogP contribution < -0.4 is 5.73 Å². The molecule has 2 aliphatic rings. The van der Waals surface area contributed by atoms with Gasteiger partial charge in [-0.2, -0.15) is 0 Å². The Kier molecular flexibility index (Phi) is 7.60. The lowest BCUT2D eigenvalue weighted by atomic mass is 9.85. The van der Waals surface area contributed by atoms with E-state index in [1.807, 2.05) is 17.2 Å². The summed E-state index contributed by atoms with van der Waals surface area (Å²) in [7, 11) is 0. The van der Waals surface area contributed by atoms with Crippen LogP contribution in [-0.4, -0.2) is 69.0 Å². The molecule has 206 valence electrons. The molecule has 1 atom stereocenters. The van der Waals surface area contributed by atoms with Gasteiger partial charge in [0, 0.05) is 25.4 Å². The second kappa shape index (κ2) is 11.1. The number of hydrogen-bond donors (Lipinski definition) is 3. The number of aromatic amines is 1. The standard InChI is InChI=1S/C28H30F3N5O3/c29-20-13-16(14-21(30)25(20)31)1-4-24(37)35-9-7-18(8-10-35)27(28(38)39)36-11-5-17(6-12-36)19-15-33-22-2-3-23(32)34-26(19)22/h1-4,13-15,17-18,27,33H,5-12H2,(H2,32,34)(H,38,39). The molecule has 1 aromatic carbocycles. The summed E-state index contributed by atoms with van der Waals surface area (Å²) in [5, 5.41) is 10.1. The number of pyridine rings is 1. The fourth-order valence-corrected chi connectivity index (χ4v) is 5.87. The van der Waals surface area contributed by atoms with Crippen LogP contribution in [0.15, 0.2) is 36.5 Å². The number of anilines is 1. The number of carbonyl (C=O) groups excluding carboxylic acids is 1. The first-order chi connectivity index (χ1) is 18.7. The van der Waals surface area contributed by atoms with Crippen LogP contribution >= 0.6 is 0 Å². The van der Waals surface area contributed by atoms with Gasteiger partial charge in [-0.15, -0.1) is 0 Å². The summed E-state index contributed by atoms with van der Waals surface area (Å²) in [6, 6.07) is 4.66. The second-order valence-electron chi connectivity index (χ2n) is 10.3. The van der Waals surface area contributed by atoms with E-state index < -0.39 is 29.5 Å². The number of amides is 1. The Hall–Kier alpha value is -3.86. The molecule has 4 heterocycles. The van der Waals surface area contributed by atoms with E-state index in [2.05, 4.69) is 9.97 Å². The highest BCUT2D eigenvalue weighted by Gasteiger charge is 2.38. The third-order valence-electron chi connectivity index (χ3n) is 7.91. The van der Waals surface area contributed by atoms with Gasteiger partial charge in [0.05, 0.1) is 11.0 Å². The van der Waals surface area contributed by atoms with E-state index in [0.29, 0.717) is 44.8 Å². The first-order valence-corrected chi connectivity index (χ1v) is 13.0. The van der Waals surface area contributed by atoms with Crippen molar-refractivity contribution in [1.29, 1.82) is 0 Å². The number of nitrogen functional groups attached to an aromatic ring is 1. The number of likely N-dealkylation sites (tertiary alicyclic amines) is 2. The lowest BCUT2D eigenvalue weighted by Crippen LogP contribution is -2.52. The Morgan fingerprint density at radius 1 is 1.05 bits per heavy atom. The van der Waals surface area contributed by atoms with Crippen molar-refractivity contribution in [3.8, 4) is 0 Å². The topological polar surface area (TPSA) is 116 Å². The number of benzene rings is 1. The van der Waals surface area contributed by atoms with E-state index in [1.54, 1.807) is 11.0 Å². The fraction of sp³-hybridized carbons (Fsp3) is 0.393. The minimum absolute atomic E-state index is 0.0378. The molecule has 2 aromatic heterocycles. The summed E-state index contributed by atoms with van der Waals surface area (Å²) in [4.78, 5) is 36.3. The van der Waals surface area contributed by atoms with E-state index in [0.717, 1.165) is 41.6 Å². The Bertz CT molecular complexity index is 1390. The van der Waals surface area contributed by atoms with Gasteiger partial charge < -0.3 is 20.7 Å². The van der Waals surface area contributed by atoms with Crippen LogP contribution in [0.5, 0.6) is 0 Å². The monoisotopic (exact) mass is 541 g/mol. The number of nitrogens with two attached hydrogens (primary N) is 1. The van der Waals surface area contributed by atoms with Crippen molar-refractivity contribution in [3.63, 3.8) is 0 Å². The average Bonchev–Trinajstić information content (AvgIpc) is 3.34. The van der Waals surface area contributed by atoms with E-state index >= 15 is 0 Å². The number of carboxylic acid groups (broad SMARTS) is 1. The highest BCUT2D eigenvalue weighted by molar-refractivity contribution is 5.91. The Balaban J connectivity index is 1.17. The molecule has 2 saturated heterocycles. The van der Waals surface area contributed by atoms with Crippen molar-refractivity contribution in [3.05, 3.63) is 65.1 Å². The van der Waals surface area contributed by atoms with Crippen molar-refractivity contribution in [2.75, 3.05) is 31.9 Å². The maximum atomic E-state index is 13.4. The number of halogens is 3. The van der Waals surface area contributed by atoms with Gasteiger partial charge in [-0.3, -0.25) is 14.5 Å². The maximum Gasteiger partial charge on any atom is 0.321 e. The molecule has 39 heavy (non-hydrogen) atoms. The molecule has 0 bridgehead atoms. The number of carboxylic acids is 1. The van der Waals surface area contributed by atoms with Gasteiger partial charge >= 0.3 is 5.97 Å². The predicted molar refractivity (Wildman–Crippen MR) is 140 cm³/mol. The van der Waals surface area contributed by atoms with E-state index in [-0.39, 0.29) is 23.3 Å². The van der Waals surface area contributed by atoms with Crippen molar-refractivity contribution in [2.45, 2.75) is 37.6 Å². The number of nitrogens with one attached hydrogen (secondary N) is 1. The number of nitrogens with zero attached hydrogens (tertiary/aromatic N) is 3. The smallest absolute Gasteiger partial charge is 0.321 e. The fourth-order valence-electron chi connectivity index (χ4n) is 5.87. The third-order valence-corrected chi connectivity index (χ3v) is 7.91. The summed E-state index contributed by atoms with van der Waals surface area (Å²) in [5.74, 6) is -4.80. The molecule has 1 amide bonds. The molecular formula is C28H30F3N5O3. The molecule has 5 rings (SSSR count). The highest BCUT2D eigenvalue weighted by Crippen LogP contribution is 2.35. The van der Waals surface area contributed by atoms with Crippen molar-refractivity contribution < 1.29 is 27.9 Å². The minimum Gasteiger partial charge on any atom is -0.480 e. The third kappa shape index (κ3) is 5.63. The summed E-state index contributed by atoms with van der Waals surface area (Å²) < 4.78 is 40.0. The van der Waals surface area contributed by atoms with Crippen LogP contribution in [0.4, 0.5) is 19.0 Å². The van der Waals surface area contributed by atoms with Crippen LogP contribution in [0.2, 0.25) is 0 Å². The molecule has 3 aromatic rings. The number of H-pyrrole nitrogens is 1. The van der Waals surface area contributed by atoms with Crippen LogP contribution in [-0.2, 0) is 9.59 Å². The number of rotatable bonds is 6. The molecule has 2 fully saturated rings. The van der Waals surface area contributed by atoms with Gasteiger partial charge in [0.2, 0.25) is 5.91 Å². The van der Waals surface area contributed by atoms with E-state index in [9.17, 15) is 27.9 Å². The van der Waals surface area contributed by atoms with Gasteiger partial charge in [0.25, 0.3) is 0 Å². The highest BCUT2D eigenvalue weighted by atomic mass is 19.2. The number of aromatic nitrogens is 2. The summed E-state index contributed by atoms with van der Waals surface area (Å²) >= 11 is 0. The molecule has 11 heteroatoms. The quantitative estimate of drug-likeness (QED) is 0.319. The Labute approximate surface area is 223 Å². The molecule has 2 aliphatic heterocycles. The molecule has 0 aliphatic carbocycles. The average molecular weight is 542 g/mol. The molecule has 8 nitrogen and oxygen atoms in total. The summed E-state index contributed by atoms with van der Waals surface area (Å²) in [5.41, 5.74) is 8.82. The summed E-state index contributed by atoms with van der Waals surface area (Å²) in [6.07, 6.45) is 7.07. The lowest BCUT2D eigenvalue weighted by Gasteiger charge is -2.41. The molecular weight excluding hydrogens is 511 g/mol. The predicted octanol–water partition coefficient (Wildman–Crippen LogP) is 4.15. The van der Waals surface area contributed by atoms with Crippen LogP contribution in [0.25, 0.3) is 17.1 Å². The first-order valence-electron chi connectivity index (χ1n) is 13.0. The van der Waals surface area contributed by atoms with E-state index in [1.165, 1.54) is 12.2 Å². The molecule has 0 saturated carbocycles. The van der Waals surface area contributed by atoms with E-state index in [4.69, 9.17) is 5.73 Å². The van der Waals surface area contributed by atoms with Gasteiger partial charge in [-0.25, -0.2) is 18.2 Å². The van der Waals surface area contributed by atoms with Gasteiger partial charge in [0.1, 0.15) is 11.9 Å². The van der Waals surface area contributed by atoms with Crippen molar-refractivity contribution in [2.24, 2.45) is 5.92 Å². The second-order valence-corrected chi connectivity index (χ2v) is 10.3. The molecule has 4 N–H and O–H groups in total. The zero-order chi connectivity index (χ0) is 27.7. The van der Waals surface area contributed by atoms with Crippen LogP contribution in [0, 0.1) is 23.4 Å². The van der Waals surface area contributed by atoms with Gasteiger partial charge in [-0.1, -0.05) is 0 Å². The normalized spacial score (nSPS) is 18.7. The van der Waals surface area contributed by atoms with Crippen molar-refractivity contribution in [1.82, 2.24) is 19.8 Å². The van der Waals surface area contributed by atoms with Crippen LogP contribution in [0.1, 0.15) is 42.7 Å². The number of aliphatic carboxylic acids is 1. The largest absolute Gasteiger partial charge is 0.480 e. The zero-order valence-corrected chi connectivity index (χ0v) is 21.2. The lowest BCUT2D eigenvalue weighted by molar-refractivity contribution is -0.147. The minimum atomic E-state index is -1.56. The number of fused-ring (bicyclic) bond motifs is 1. The summed E-state index contributed by atoms with van der Waals surface area (Å²) in [6.45, 7) is 2.04. The first kappa shape index (κ1) is 26.7. The maximum absolute atomic E-state index is 13.4. The number of carbonyl (C=O) groups is 2. The SMILES string of the molecule is Nc1ccc2[nH]cc(C3CCN(C(C(=O)O)C4CCN(C(=O)C=Cc5cc(F)c(F)c(F)c5)CC4)CC3)c2n1. The molecule has 0 radical (unpaired) electrons. The van der Waals surface area contributed by atoms with Crippen LogP contribution in [0.3, 0.4) is 0 Å². The Morgan fingerprint density at radius 3 is 2.36 bits per heavy atom. The van der Waals surface area contributed by atoms with Crippen molar-refractivity contribution >= 4 is 34.8 Å². The van der Waals surface area contributed by atoms with Gasteiger partial charge in [0.15, 0.2) is 17.5 Å². The number of piperidine rings is 2.